The third-order valence-electron chi connectivity index (χ3n) is 3.60. The summed E-state index contributed by atoms with van der Waals surface area (Å²) in [4.78, 5) is 35.9. The second-order valence-electron chi connectivity index (χ2n) is 4.89. The van der Waals surface area contributed by atoms with E-state index in [1.807, 2.05) is 0 Å². The van der Waals surface area contributed by atoms with E-state index in [1.165, 1.54) is 22.1 Å². The summed E-state index contributed by atoms with van der Waals surface area (Å²) in [5.74, 6) is -1.91. The van der Waals surface area contributed by atoms with Gasteiger partial charge in [-0.3, -0.25) is 14.4 Å². The number of carbonyl (C=O) groups excluding carboxylic acids is 2. The number of carbonyl (C=O) groups is 3. The van der Waals surface area contributed by atoms with E-state index in [-0.39, 0.29) is 23.6 Å². The van der Waals surface area contributed by atoms with Crippen molar-refractivity contribution >= 4 is 35.7 Å². The number of ether oxygens (including phenoxy) is 1. The predicted octanol–water partition coefficient (Wildman–Crippen LogP) is 0.278. The number of rotatable bonds is 2. The van der Waals surface area contributed by atoms with Crippen molar-refractivity contribution in [2.45, 2.75) is 11.9 Å². The Balaban J connectivity index is 1.62. The van der Waals surface area contributed by atoms with E-state index in [0.717, 1.165) is 0 Å². The van der Waals surface area contributed by atoms with Crippen molar-refractivity contribution in [3.05, 3.63) is 34.1 Å². The molecule has 0 unspecified atom stereocenters. The summed E-state index contributed by atoms with van der Waals surface area (Å²) in [5.41, 5.74) is 1.30. The van der Waals surface area contributed by atoms with E-state index in [4.69, 9.17) is 9.84 Å². The molecule has 0 saturated carbocycles. The molecule has 1 aromatic rings. The van der Waals surface area contributed by atoms with Crippen molar-refractivity contribution in [2.24, 2.45) is 0 Å². The van der Waals surface area contributed by atoms with Gasteiger partial charge in [0.15, 0.2) is 0 Å². The van der Waals surface area contributed by atoms with E-state index >= 15 is 0 Å². The number of hydrogen-bond acceptors (Lipinski definition) is 6. The van der Waals surface area contributed by atoms with Gasteiger partial charge in [0.25, 0.3) is 5.91 Å². The van der Waals surface area contributed by atoms with Gasteiger partial charge >= 0.3 is 11.9 Å². The molecule has 4 rings (SSSR count). The van der Waals surface area contributed by atoms with Crippen LogP contribution in [-0.2, 0) is 20.9 Å². The van der Waals surface area contributed by atoms with Crippen LogP contribution in [0.25, 0.3) is 6.08 Å². The fourth-order valence-corrected chi connectivity index (χ4v) is 3.68. The quantitative estimate of drug-likeness (QED) is 0.474. The fraction of sp³-hybridized carbons (Fsp3) is 0.231. The van der Waals surface area contributed by atoms with E-state index in [2.05, 4.69) is 5.10 Å². The molecule has 0 radical (unpaired) electrons. The van der Waals surface area contributed by atoms with Gasteiger partial charge in [0.1, 0.15) is 23.4 Å². The van der Waals surface area contributed by atoms with Crippen molar-refractivity contribution < 1.29 is 24.2 Å². The van der Waals surface area contributed by atoms with Gasteiger partial charge in [0, 0.05) is 5.41 Å². The monoisotopic (exact) mass is 319 g/mol. The molecule has 22 heavy (non-hydrogen) atoms. The molecule has 1 amide bonds. The molecule has 3 aliphatic heterocycles. The SMILES string of the molecule is O=C(O)C1=CS[C@@H]2C(=Cc3cc4n(n3)CCOC4=O)C(=O)N12. The van der Waals surface area contributed by atoms with Crippen LogP contribution in [0, 0.1) is 0 Å². The molecule has 0 bridgehead atoms. The predicted molar refractivity (Wildman–Crippen MR) is 74.4 cm³/mol. The van der Waals surface area contributed by atoms with E-state index in [1.54, 1.807) is 16.8 Å². The molecule has 1 aromatic heterocycles. The Morgan fingerprint density at radius 2 is 2.32 bits per heavy atom. The van der Waals surface area contributed by atoms with Gasteiger partial charge in [-0.25, -0.2) is 9.59 Å². The number of fused-ring (bicyclic) bond motifs is 2. The Morgan fingerprint density at radius 3 is 3.05 bits per heavy atom. The molecular weight excluding hydrogens is 310 g/mol. The lowest BCUT2D eigenvalue weighted by Gasteiger charge is -2.36. The zero-order valence-corrected chi connectivity index (χ0v) is 11.9. The first-order valence-electron chi connectivity index (χ1n) is 6.45. The minimum absolute atomic E-state index is 0.00939. The lowest BCUT2D eigenvalue weighted by molar-refractivity contribution is -0.141. The average Bonchev–Trinajstić information content (AvgIpc) is 3.07. The molecule has 112 valence electrons. The van der Waals surface area contributed by atoms with E-state index in [9.17, 15) is 14.4 Å². The number of nitrogens with zero attached hydrogens (tertiary/aromatic N) is 3. The highest BCUT2D eigenvalue weighted by atomic mass is 32.2. The number of hydrogen-bond donors (Lipinski definition) is 1. The van der Waals surface area contributed by atoms with Gasteiger partial charge in [-0.2, -0.15) is 5.10 Å². The van der Waals surface area contributed by atoms with E-state index in [0.29, 0.717) is 23.5 Å². The van der Waals surface area contributed by atoms with Gasteiger partial charge in [-0.15, -0.1) is 11.8 Å². The fourth-order valence-electron chi connectivity index (χ4n) is 2.57. The molecule has 8 nitrogen and oxygen atoms in total. The number of carboxylic acid groups (broad SMARTS) is 1. The van der Waals surface area contributed by atoms with Gasteiger partial charge in [-0.05, 0) is 12.1 Å². The molecule has 3 aliphatic rings. The van der Waals surface area contributed by atoms with Gasteiger partial charge in [0.2, 0.25) is 0 Å². The number of cyclic esters (lactones) is 1. The summed E-state index contributed by atoms with van der Waals surface area (Å²) in [6.45, 7) is 0.758. The minimum atomic E-state index is -1.12. The van der Waals surface area contributed by atoms with Crippen LogP contribution in [0.15, 0.2) is 22.7 Å². The first kappa shape index (κ1) is 13.1. The molecule has 1 saturated heterocycles. The number of aromatic nitrogens is 2. The number of amides is 1. The first-order valence-corrected chi connectivity index (χ1v) is 7.39. The summed E-state index contributed by atoms with van der Waals surface area (Å²) < 4.78 is 6.46. The van der Waals surface area contributed by atoms with Crippen molar-refractivity contribution in [1.82, 2.24) is 14.7 Å². The zero-order valence-electron chi connectivity index (χ0n) is 11.1. The summed E-state index contributed by atoms with van der Waals surface area (Å²) in [5, 5.41) is 14.4. The summed E-state index contributed by atoms with van der Waals surface area (Å²) in [7, 11) is 0. The third-order valence-corrected chi connectivity index (χ3v) is 4.68. The topological polar surface area (TPSA) is 102 Å². The van der Waals surface area contributed by atoms with Gasteiger partial charge in [0.05, 0.1) is 17.8 Å². The molecule has 1 atom stereocenters. The van der Waals surface area contributed by atoms with Crippen LogP contribution in [0.4, 0.5) is 0 Å². The van der Waals surface area contributed by atoms with Crippen molar-refractivity contribution in [3.63, 3.8) is 0 Å². The minimum Gasteiger partial charge on any atom is -0.477 e. The smallest absolute Gasteiger partial charge is 0.356 e. The van der Waals surface area contributed by atoms with Gasteiger partial charge < -0.3 is 9.84 Å². The van der Waals surface area contributed by atoms with Crippen molar-refractivity contribution in [1.29, 1.82) is 0 Å². The standard InChI is InChI=1S/C13H9N3O5S/c17-10-7(11-16(10)9(5-22-11)12(18)19)3-6-4-8-13(20)21-2-1-15(8)14-6/h3-5,11H,1-2H2,(H,18,19)/t11-/m1/s1. The summed E-state index contributed by atoms with van der Waals surface area (Å²) >= 11 is 1.26. The lowest BCUT2D eigenvalue weighted by Crippen LogP contribution is -2.51. The van der Waals surface area contributed by atoms with Crippen LogP contribution < -0.4 is 0 Å². The van der Waals surface area contributed by atoms with Crippen LogP contribution in [0.5, 0.6) is 0 Å². The van der Waals surface area contributed by atoms with Gasteiger partial charge in [-0.1, -0.05) is 0 Å². The number of thioether (sulfide) groups is 1. The molecular formula is C13H9N3O5S. The highest BCUT2D eigenvalue weighted by molar-refractivity contribution is 8.03. The number of aliphatic carboxylic acids is 1. The van der Waals surface area contributed by atoms with Crippen molar-refractivity contribution in [2.75, 3.05) is 6.61 Å². The van der Waals surface area contributed by atoms with Crippen LogP contribution in [0.3, 0.4) is 0 Å². The molecule has 1 N–H and O–H groups in total. The first-order chi connectivity index (χ1) is 10.6. The Bertz CT molecular complexity index is 794. The summed E-state index contributed by atoms with van der Waals surface area (Å²) in [6.07, 6.45) is 1.59. The van der Waals surface area contributed by atoms with Crippen LogP contribution in [-0.4, -0.2) is 49.6 Å². The van der Waals surface area contributed by atoms with Crippen LogP contribution in [0.2, 0.25) is 0 Å². The molecule has 1 fully saturated rings. The normalized spacial score (nSPS) is 24.5. The highest BCUT2D eigenvalue weighted by Crippen LogP contribution is 2.45. The Morgan fingerprint density at radius 1 is 1.50 bits per heavy atom. The Hall–Kier alpha value is -2.55. The second kappa shape index (κ2) is 4.47. The number of esters is 1. The Kier molecular flexibility index (Phi) is 2.67. The molecule has 4 heterocycles. The van der Waals surface area contributed by atoms with E-state index < -0.39 is 11.9 Å². The van der Waals surface area contributed by atoms with Crippen LogP contribution >= 0.6 is 11.8 Å². The molecule has 0 spiro atoms. The number of β-lactam (4-membered cyclic amide) rings is 1. The third kappa shape index (κ3) is 1.72. The largest absolute Gasteiger partial charge is 0.477 e. The lowest BCUT2D eigenvalue weighted by atomic mass is 10.0. The zero-order chi connectivity index (χ0) is 15.4. The van der Waals surface area contributed by atoms with Crippen LogP contribution in [0.1, 0.15) is 16.2 Å². The second-order valence-corrected chi connectivity index (χ2v) is 5.84. The Labute approximate surface area is 128 Å². The maximum absolute atomic E-state index is 12.1. The molecule has 0 aromatic carbocycles. The summed E-state index contributed by atoms with van der Waals surface area (Å²) in [6, 6.07) is 1.57. The van der Waals surface area contributed by atoms with Crippen molar-refractivity contribution in [3.8, 4) is 0 Å². The maximum Gasteiger partial charge on any atom is 0.356 e. The molecule has 0 aliphatic carbocycles. The highest BCUT2D eigenvalue weighted by Gasteiger charge is 2.49. The average molecular weight is 319 g/mol. The molecule has 9 heteroatoms. The number of carboxylic acids is 1. The maximum atomic E-state index is 12.1.